The zero-order valence-electron chi connectivity index (χ0n) is 15.8. The van der Waals surface area contributed by atoms with Crippen LogP contribution >= 0.6 is 23.7 Å². The van der Waals surface area contributed by atoms with E-state index >= 15 is 0 Å². The number of amides is 1. The second-order valence-corrected chi connectivity index (χ2v) is 7.63. The standard InChI is InChI=1S/C20H18F3N3O2S.ClH/c21-14-5-4-13(12-16(14)23)19(27)26(7-6-25-8-10-28-11-9-25)20-24-18-15(22)2-1-3-17(18)29-20;/h1-5,12H,6-11H2;1H. The van der Waals surface area contributed by atoms with Gasteiger partial charge in [-0.25, -0.2) is 18.2 Å². The maximum atomic E-state index is 14.1. The van der Waals surface area contributed by atoms with Crippen LogP contribution in [0.4, 0.5) is 18.3 Å². The number of para-hydroxylation sites is 1. The van der Waals surface area contributed by atoms with Crippen LogP contribution in [0.15, 0.2) is 36.4 Å². The summed E-state index contributed by atoms with van der Waals surface area (Å²) in [5.74, 6) is -3.11. The fourth-order valence-electron chi connectivity index (χ4n) is 3.15. The lowest BCUT2D eigenvalue weighted by Crippen LogP contribution is -2.43. The molecule has 0 spiro atoms. The molecule has 1 aromatic heterocycles. The van der Waals surface area contributed by atoms with E-state index in [4.69, 9.17) is 4.74 Å². The molecule has 0 aliphatic carbocycles. The summed E-state index contributed by atoms with van der Waals surface area (Å²) in [4.78, 5) is 20.9. The molecule has 1 aliphatic rings. The van der Waals surface area contributed by atoms with Crippen LogP contribution in [0.5, 0.6) is 0 Å². The Morgan fingerprint density at radius 3 is 2.57 bits per heavy atom. The van der Waals surface area contributed by atoms with Crippen molar-refractivity contribution in [1.82, 2.24) is 9.88 Å². The summed E-state index contributed by atoms with van der Waals surface area (Å²) in [6, 6.07) is 7.63. The van der Waals surface area contributed by atoms with Crippen molar-refractivity contribution >= 4 is 45.0 Å². The fourth-order valence-corrected chi connectivity index (χ4v) is 4.16. The van der Waals surface area contributed by atoms with Crippen molar-refractivity contribution in [2.75, 3.05) is 44.3 Å². The molecule has 1 aliphatic heterocycles. The topological polar surface area (TPSA) is 45.7 Å². The van der Waals surface area contributed by atoms with Gasteiger partial charge in [0.2, 0.25) is 0 Å². The van der Waals surface area contributed by atoms with Crippen molar-refractivity contribution < 1.29 is 22.7 Å². The first kappa shape index (κ1) is 22.5. The predicted molar refractivity (Wildman–Crippen MR) is 112 cm³/mol. The van der Waals surface area contributed by atoms with Gasteiger partial charge < -0.3 is 4.74 Å². The lowest BCUT2D eigenvalue weighted by Gasteiger charge is -2.29. The number of hydrogen-bond acceptors (Lipinski definition) is 5. The van der Waals surface area contributed by atoms with Crippen LogP contribution in [0.2, 0.25) is 0 Å². The molecule has 2 heterocycles. The number of ether oxygens (including phenoxy) is 1. The first-order chi connectivity index (χ1) is 14.0. The van der Waals surface area contributed by atoms with E-state index in [9.17, 15) is 18.0 Å². The van der Waals surface area contributed by atoms with E-state index in [2.05, 4.69) is 9.88 Å². The fraction of sp³-hybridized carbons (Fsp3) is 0.300. The maximum absolute atomic E-state index is 14.1. The summed E-state index contributed by atoms with van der Waals surface area (Å²) >= 11 is 1.18. The van der Waals surface area contributed by atoms with Crippen LogP contribution in [-0.2, 0) is 4.74 Å². The number of carbonyl (C=O) groups excluding carboxylic acids is 1. The number of rotatable bonds is 5. The lowest BCUT2D eigenvalue weighted by molar-refractivity contribution is 0.0391. The summed E-state index contributed by atoms with van der Waals surface area (Å²) < 4.78 is 47.0. The van der Waals surface area contributed by atoms with Crippen LogP contribution in [0.3, 0.4) is 0 Å². The van der Waals surface area contributed by atoms with Gasteiger partial charge in [-0.1, -0.05) is 17.4 Å². The number of morpholine rings is 1. The average Bonchev–Trinajstić information content (AvgIpc) is 3.16. The molecular formula is C20H19ClF3N3O2S. The molecule has 0 saturated carbocycles. The third kappa shape index (κ3) is 4.75. The van der Waals surface area contributed by atoms with Crippen molar-refractivity contribution in [2.24, 2.45) is 0 Å². The van der Waals surface area contributed by atoms with E-state index in [1.165, 1.54) is 28.4 Å². The van der Waals surface area contributed by atoms with Crippen molar-refractivity contribution in [3.05, 3.63) is 59.4 Å². The monoisotopic (exact) mass is 457 g/mol. The molecule has 5 nitrogen and oxygen atoms in total. The predicted octanol–water partition coefficient (Wildman–Crippen LogP) is 4.11. The van der Waals surface area contributed by atoms with Crippen LogP contribution in [0.25, 0.3) is 10.2 Å². The molecule has 1 amide bonds. The smallest absolute Gasteiger partial charge is 0.260 e. The summed E-state index contributed by atoms with van der Waals surface area (Å²) in [7, 11) is 0. The summed E-state index contributed by atoms with van der Waals surface area (Å²) in [6.07, 6.45) is 0. The largest absolute Gasteiger partial charge is 0.379 e. The second kappa shape index (κ2) is 9.74. The van der Waals surface area contributed by atoms with Gasteiger partial charge in [0.25, 0.3) is 5.91 Å². The molecule has 30 heavy (non-hydrogen) atoms. The number of carbonyl (C=O) groups is 1. The number of thiazole rings is 1. The third-order valence-corrected chi connectivity index (χ3v) is 5.79. The molecule has 0 bridgehead atoms. The van der Waals surface area contributed by atoms with Crippen molar-refractivity contribution in [3.63, 3.8) is 0 Å². The minimum atomic E-state index is -1.10. The Bertz CT molecular complexity index is 1040. The Morgan fingerprint density at radius 2 is 1.87 bits per heavy atom. The number of benzene rings is 2. The zero-order valence-corrected chi connectivity index (χ0v) is 17.4. The van der Waals surface area contributed by atoms with E-state index in [-0.39, 0.29) is 30.0 Å². The molecule has 2 aromatic carbocycles. The highest BCUT2D eigenvalue weighted by Crippen LogP contribution is 2.31. The molecule has 1 fully saturated rings. The van der Waals surface area contributed by atoms with Crippen molar-refractivity contribution in [1.29, 1.82) is 0 Å². The first-order valence-corrected chi connectivity index (χ1v) is 9.96. The summed E-state index contributed by atoms with van der Waals surface area (Å²) in [5, 5.41) is 0.313. The van der Waals surface area contributed by atoms with E-state index in [1.54, 1.807) is 12.1 Å². The minimum absolute atomic E-state index is 0. The quantitative estimate of drug-likeness (QED) is 0.578. The molecular weight excluding hydrogens is 439 g/mol. The van der Waals surface area contributed by atoms with Crippen LogP contribution in [0, 0.1) is 17.5 Å². The van der Waals surface area contributed by atoms with Crippen molar-refractivity contribution in [3.8, 4) is 0 Å². The molecule has 0 radical (unpaired) electrons. The van der Waals surface area contributed by atoms with E-state index in [0.717, 1.165) is 25.2 Å². The molecule has 160 valence electrons. The third-order valence-electron chi connectivity index (χ3n) is 4.74. The summed E-state index contributed by atoms with van der Waals surface area (Å²) in [5.41, 5.74) is 0.188. The Labute approximate surface area is 181 Å². The average molecular weight is 458 g/mol. The first-order valence-electron chi connectivity index (χ1n) is 9.15. The van der Waals surface area contributed by atoms with E-state index in [1.807, 2.05) is 0 Å². The highest BCUT2D eigenvalue weighted by molar-refractivity contribution is 7.22. The number of nitrogens with zero attached hydrogens (tertiary/aromatic N) is 3. The van der Waals surface area contributed by atoms with Gasteiger partial charge in [-0.3, -0.25) is 14.6 Å². The molecule has 10 heteroatoms. The molecule has 0 N–H and O–H groups in total. The molecule has 0 unspecified atom stereocenters. The Balaban J connectivity index is 0.00000256. The van der Waals surface area contributed by atoms with Gasteiger partial charge in [0.1, 0.15) is 11.3 Å². The lowest BCUT2D eigenvalue weighted by atomic mass is 10.2. The normalized spacial score (nSPS) is 14.5. The Morgan fingerprint density at radius 1 is 1.10 bits per heavy atom. The van der Waals surface area contributed by atoms with Crippen LogP contribution < -0.4 is 4.90 Å². The number of hydrogen-bond donors (Lipinski definition) is 0. The van der Waals surface area contributed by atoms with Gasteiger partial charge in [-0.05, 0) is 30.3 Å². The summed E-state index contributed by atoms with van der Waals surface area (Å²) in [6.45, 7) is 3.53. The molecule has 0 atom stereocenters. The molecule has 1 saturated heterocycles. The van der Waals surface area contributed by atoms with Gasteiger partial charge in [-0.2, -0.15) is 0 Å². The van der Waals surface area contributed by atoms with Gasteiger partial charge in [0.05, 0.1) is 17.9 Å². The van der Waals surface area contributed by atoms with Gasteiger partial charge >= 0.3 is 0 Å². The van der Waals surface area contributed by atoms with E-state index in [0.29, 0.717) is 29.6 Å². The van der Waals surface area contributed by atoms with Crippen molar-refractivity contribution in [2.45, 2.75) is 0 Å². The molecule has 4 rings (SSSR count). The number of anilines is 1. The molecule has 3 aromatic rings. The Hall–Kier alpha value is -2.20. The van der Waals surface area contributed by atoms with Gasteiger partial charge in [0.15, 0.2) is 16.8 Å². The maximum Gasteiger partial charge on any atom is 0.260 e. The highest BCUT2D eigenvalue weighted by Gasteiger charge is 2.24. The second-order valence-electron chi connectivity index (χ2n) is 6.62. The SMILES string of the molecule is Cl.O=C(c1ccc(F)c(F)c1)N(CCN1CCOCC1)c1nc2c(F)cccc2s1. The van der Waals surface area contributed by atoms with Gasteiger partial charge in [-0.15, -0.1) is 12.4 Å². The van der Waals surface area contributed by atoms with Gasteiger partial charge in [0, 0.05) is 31.7 Å². The van der Waals surface area contributed by atoms with Crippen LogP contribution in [-0.4, -0.2) is 55.2 Å². The minimum Gasteiger partial charge on any atom is -0.379 e. The Kier molecular flexibility index (Phi) is 7.30. The van der Waals surface area contributed by atoms with Crippen LogP contribution in [0.1, 0.15) is 10.4 Å². The zero-order chi connectivity index (χ0) is 20.4. The number of fused-ring (bicyclic) bond motifs is 1. The number of halogens is 4. The highest BCUT2D eigenvalue weighted by atomic mass is 35.5. The van der Waals surface area contributed by atoms with E-state index < -0.39 is 23.4 Å². The number of aromatic nitrogens is 1.